The summed E-state index contributed by atoms with van der Waals surface area (Å²) >= 11 is 0. The maximum Gasteiger partial charge on any atom is 0.0237 e. The maximum atomic E-state index is 3.42. The van der Waals surface area contributed by atoms with Crippen LogP contribution in [0.2, 0.25) is 0 Å². The minimum absolute atomic E-state index is 0.949. The normalized spacial score (nSPS) is 11.0. The van der Waals surface area contributed by atoms with Gasteiger partial charge in [0.25, 0.3) is 0 Å². The molecular weight excluding hydrogens is 256 g/mol. The van der Waals surface area contributed by atoms with Gasteiger partial charge >= 0.3 is 0 Å². The number of aryl methyl sites for hydroxylation is 1. The molecule has 0 fully saturated rings. The summed E-state index contributed by atoms with van der Waals surface area (Å²) in [6, 6.07) is 17.5. The SMILES string of the molecule is CCNCc1ccccc1CN(C)Cc1cccc(C)c1. The van der Waals surface area contributed by atoms with E-state index < -0.39 is 0 Å². The molecule has 0 aliphatic heterocycles. The average molecular weight is 282 g/mol. The van der Waals surface area contributed by atoms with E-state index in [0.29, 0.717) is 0 Å². The molecule has 0 aliphatic carbocycles. The van der Waals surface area contributed by atoms with Gasteiger partial charge in [-0.05, 0) is 37.2 Å². The Morgan fingerprint density at radius 1 is 0.952 bits per heavy atom. The van der Waals surface area contributed by atoms with Crippen molar-refractivity contribution in [3.8, 4) is 0 Å². The minimum Gasteiger partial charge on any atom is -0.313 e. The zero-order valence-corrected chi connectivity index (χ0v) is 13.4. The van der Waals surface area contributed by atoms with Gasteiger partial charge in [0.15, 0.2) is 0 Å². The summed E-state index contributed by atoms with van der Waals surface area (Å²) in [5.74, 6) is 0. The van der Waals surface area contributed by atoms with Crippen molar-refractivity contribution in [1.82, 2.24) is 10.2 Å². The Balaban J connectivity index is 2.00. The van der Waals surface area contributed by atoms with E-state index in [1.165, 1.54) is 22.3 Å². The molecule has 0 spiro atoms. The van der Waals surface area contributed by atoms with Crippen LogP contribution in [0.15, 0.2) is 48.5 Å². The van der Waals surface area contributed by atoms with Crippen molar-refractivity contribution in [3.63, 3.8) is 0 Å². The van der Waals surface area contributed by atoms with Crippen molar-refractivity contribution in [2.75, 3.05) is 13.6 Å². The minimum atomic E-state index is 0.949. The molecule has 0 saturated carbocycles. The average Bonchev–Trinajstić information content (AvgIpc) is 2.46. The van der Waals surface area contributed by atoms with Gasteiger partial charge in [0, 0.05) is 19.6 Å². The molecule has 0 heterocycles. The third-order valence-corrected chi connectivity index (χ3v) is 3.66. The van der Waals surface area contributed by atoms with Gasteiger partial charge in [0.2, 0.25) is 0 Å². The number of benzene rings is 2. The third-order valence-electron chi connectivity index (χ3n) is 3.66. The highest BCUT2D eigenvalue weighted by Gasteiger charge is 2.06. The molecule has 2 heteroatoms. The first-order valence-corrected chi connectivity index (χ1v) is 7.70. The van der Waals surface area contributed by atoms with Crippen LogP contribution in [0.3, 0.4) is 0 Å². The lowest BCUT2D eigenvalue weighted by molar-refractivity contribution is 0.318. The predicted octanol–water partition coefficient (Wildman–Crippen LogP) is 3.74. The molecular formula is C19H26N2. The van der Waals surface area contributed by atoms with Crippen LogP contribution >= 0.6 is 0 Å². The fraction of sp³-hybridized carbons (Fsp3) is 0.368. The summed E-state index contributed by atoms with van der Waals surface area (Å²) in [7, 11) is 2.19. The Kier molecular flexibility index (Phi) is 5.97. The molecule has 2 aromatic rings. The maximum absolute atomic E-state index is 3.42. The van der Waals surface area contributed by atoms with Crippen LogP contribution in [0, 0.1) is 6.92 Å². The van der Waals surface area contributed by atoms with Gasteiger partial charge in [-0.25, -0.2) is 0 Å². The quantitative estimate of drug-likeness (QED) is 0.832. The molecule has 0 saturated heterocycles. The molecule has 2 aromatic carbocycles. The van der Waals surface area contributed by atoms with Crippen LogP contribution in [0.25, 0.3) is 0 Å². The Morgan fingerprint density at radius 2 is 1.71 bits per heavy atom. The molecule has 0 bridgehead atoms. The molecule has 0 atom stereocenters. The summed E-state index contributed by atoms with van der Waals surface area (Å²) in [5, 5.41) is 3.42. The van der Waals surface area contributed by atoms with Gasteiger partial charge in [-0.3, -0.25) is 4.90 Å². The summed E-state index contributed by atoms with van der Waals surface area (Å²) in [6.07, 6.45) is 0. The highest BCUT2D eigenvalue weighted by molar-refractivity contribution is 5.27. The topological polar surface area (TPSA) is 15.3 Å². The second-order valence-electron chi connectivity index (χ2n) is 5.71. The molecule has 2 nitrogen and oxygen atoms in total. The first-order chi connectivity index (χ1) is 10.2. The fourth-order valence-corrected chi connectivity index (χ4v) is 2.61. The lowest BCUT2D eigenvalue weighted by Crippen LogP contribution is -2.20. The number of nitrogens with zero attached hydrogens (tertiary/aromatic N) is 1. The summed E-state index contributed by atoms with van der Waals surface area (Å²) < 4.78 is 0. The first kappa shape index (κ1) is 15.7. The fourth-order valence-electron chi connectivity index (χ4n) is 2.61. The summed E-state index contributed by atoms with van der Waals surface area (Å²) in [4.78, 5) is 2.37. The highest BCUT2D eigenvalue weighted by atomic mass is 15.1. The number of rotatable bonds is 7. The molecule has 1 N–H and O–H groups in total. The van der Waals surface area contributed by atoms with E-state index in [1.807, 2.05) is 0 Å². The zero-order valence-electron chi connectivity index (χ0n) is 13.4. The predicted molar refractivity (Wildman–Crippen MR) is 90.2 cm³/mol. The monoisotopic (exact) mass is 282 g/mol. The summed E-state index contributed by atoms with van der Waals surface area (Å²) in [6.45, 7) is 8.22. The van der Waals surface area contributed by atoms with Crippen molar-refractivity contribution in [2.24, 2.45) is 0 Å². The standard InChI is InChI=1S/C19H26N2/c1-4-20-13-18-10-5-6-11-19(18)15-21(3)14-17-9-7-8-16(2)12-17/h5-12,20H,4,13-15H2,1-3H3. The molecule has 0 aromatic heterocycles. The molecule has 0 amide bonds. The van der Waals surface area contributed by atoms with E-state index in [2.05, 4.69) is 79.6 Å². The third kappa shape index (κ3) is 5.00. The van der Waals surface area contributed by atoms with Crippen molar-refractivity contribution < 1.29 is 0 Å². The van der Waals surface area contributed by atoms with E-state index >= 15 is 0 Å². The van der Waals surface area contributed by atoms with Gasteiger partial charge in [-0.2, -0.15) is 0 Å². The van der Waals surface area contributed by atoms with Gasteiger partial charge in [0.1, 0.15) is 0 Å². The zero-order chi connectivity index (χ0) is 15.1. The lowest BCUT2D eigenvalue weighted by atomic mass is 10.1. The number of nitrogens with one attached hydrogen (secondary N) is 1. The Morgan fingerprint density at radius 3 is 2.43 bits per heavy atom. The van der Waals surface area contributed by atoms with Crippen LogP contribution < -0.4 is 5.32 Å². The van der Waals surface area contributed by atoms with E-state index in [4.69, 9.17) is 0 Å². The Bertz CT molecular complexity index is 563. The van der Waals surface area contributed by atoms with Crippen LogP contribution in [-0.4, -0.2) is 18.5 Å². The van der Waals surface area contributed by atoms with Crippen molar-refractivity contribution in [1.29, 1.82) is 0 Å². The van der Waals surface area contributed by atoms with E-state index in [-0.39, 0.29) is 0 Å². The first-order valence-electron chi connectivity index (χ1n) is 7.70. The van der Waals surface area contributed by atoms with Crippen LogP contribution in [0.1, 0.15) is 29.2 Å². The molecule has 0 unspecified atom stereocenters. The van der Waals surface area contributed by atoms with Gasteiger partial charge in [-0.1, -0.05) is 61.0 Å². The van der Waals surface area contributed by atoms with Gasteiger partial charge in [0.05, 0.1) is 0 Å². The lowest BCUT2D eigenvalue weighted by Gasteiger charge is -2.19. The second-order valence-corrected chi connectivity index (χ2v) is 5.71. The largest absolute Gasteiger partial charge is 0.313 e. The van der Waals surface area contributed by atoms with Crippen LogP contribution in [-0.2, 0) is 19.6 Å². The van der Waals surface area contributed by atoms with Crippen molar-refractivity contribution >= 4 is 0 Å². The Labute approximate surface area is 128 Å². The van der Waals surface area contributed by atoms with Gasteiger partial charge < -0.3 is 5.32 Å². The van der Waals surface area contributed by atoms with Crippen molar-refractivity contribution in [3.05, 3.63) is 70.8 Å². The number of hydrogen-bond acceptors (Lipinski definition) is 2. The molecule has 0 radical (unpaired) electrons. The molecule has 21 heavy (non-hydrogen) atoms. The van der Waals surface area contributed by atoms with Gasteiger partial charge in [-0.15, -0.1) is 0 Å². The number of hydrogen-bond donors (Lipinski definition) is 1. The molecule has 112 valence electrons. The van der Waals surface area contributed by atoms with Crippen LogP contribution in [0.5, 0.6) is 0 Å². The van der Waals surface area contributed by atoms with Crippen molar-refractivity contribution in [2.45, 2.75) is 33.5 Å². The van der Waals surface area contributed by atoms with E-state index in [0.717, 1.165) is 26.2 Å². The Hall–Kier alpha value is -1.64. The van der Waals surface area contributed by atoms with E-state index in [1.54, 1.807) is 0 Å². The summed E-state index contributed by atoms with van der Waals surface area (Å²) in [5.41, 5.74) is 5.51. The smallest absolute Gasteiger partial charge is 0.0237 e. The van der Waals surface area contributed by atoms with Crippen LogP contribution in [0.4, 0.5) is 0 Å². The molecule has 2 rings (SSSR count). The van der Waals surface area contributed by atoms with E-state index in [9.17, 15) is 0 Å². The molecule has 0 aliphatic rings. The second kappa shape index (κ2) is 7.96. The highest BCUT2D eigenvalue weighted by Crippen LogP contribution is 2.13.